The fourth-order valence-electron chi connectivity index (χ4n) is 1.33. The van der Waals surface area contributed by atoms with Gasteiger partial charge in [-0.3, -0.25) is 14.5 Å². The standard InChI is InChI=1S/C8H14N2O3/c1-5-2-7(12)10(8(5)13)3-6(9)4-11/h5-6,11H,2-4,9H2,1H3. The molecule has 13 heavy (non-hydrogen) atoms. The van der Waals surface area contributed by atoms with Crippen LogP contribution in [-0.4, -0.2) is 41.0 Å². The molecule has 0 aromatic rings. The largest absolute Gasteiger partial charge is 0.395 e. The van der Waals surface area contributed by atoms with Crippen molar-refractivity contribution in [3.8, 4) is 0 Å². The summed E-state index contributed by atoms with van der Waals surface area (Å²) in [5, 5.41) is 8.66. The van der Waals surface area contributed by atoms with Crippen molar-refractivity contribution in [1.82, 2.24) is 4.90 Å². The Bertz CT molecular complexity index is 229. The molecule has 1 heterocycles. The molecular formula is C8H14N2O3. The van der Waals surface area contributed by atoms with Crippen molar-refractivity contribution in [2.45, 2.75) is 19.4 Å². The smallest absolute Gasteiger partial charge is 0.232 e. The lowest BCUT2D eigenvalue weighted by Crippen LogP contribution is -2.42. The fraction of sp³-hybridized carbons (Fsp3) is 0.750. The molecule has 2 unspecified atom stereocenters. The molecule has 0 aromatic heterocycles. The van der Waals surface area contributed by atoms with Crippen molar-refractivity contribution in [2.75, 3.05) is 13.2 Å². The van der Waals surface area contributed by atoms with Gasteiger partial charge < -0.3 is 10.8 Å². The van der Waals surface area contributed by atoms with Crippen LogP contribution in [0.5, 0.6) is 0 Å². The maximum Gasteiger partial charge on any atom is 0.232 e. The summed E-state index contributed by atoms with van der Waals surface area (Å²) < 4.78 is 0. The molecule has 1 fully saturated rings. The predicted molar refractivity (Wildman–Crippen MR) is 45.6 cm³/mol. The topological polar surface area (TPSA) is 83.6 Å². The number of carbonyl (C=O) groups is 2. The van der Waals surface area contributed by atoms with Gasteiger partial charge in [-0.05, 0) is 0 Å². The third-order valence-corrected chi connectivity index (χ3v) is 2.12. The van der Waals surface area contributed by atoms with E-state index < -0.39 is 6.04 Å². The highest BCUT2D eigenvalue weighted by molar-refractivity contribution is 6.03. The number of aliphatic hydroxyl groups is 1. The van der Waals surface area contributed by atoms with Gasteiger partial charge in [0, 0.05) is 24.9 Å². The highest BCUT2D eigenvalue weighted by Crippen LogP contribution is 2.18. The monoisotopic (exact) mass is 186 g/mol. The average Bonchev–Trinajstić information content (AvgIpc) is 2.32. The summed E-state index contributed by atoms with van der Waals surface area (Å²) in [5.41, 5.74) is 5.43. The molecule has 0 spiro atoms. The van der Waals surface area contributed by atoms with Crippen molar-refractivity contribution >= 4 is 11.8 Å². The first-order valence-electron chi connectivity index (χ1n) is 4.27. The van der Waals surface area contributed by atoms with Crippen LogP contribution < -0.4 is 5.73 Å². The predicted octanol–water partition coefficient (Wildman–Crippen LogP) is -1.30. The van der Waals surface area contributed by atoms with E-state index in [-0.39, 0.29) is 37.3 Å². The van der Waals surface area contributed by atoms with Crippen molar-refractivity contribution in [1.29, 1.82) is 0 Å². The van der Waals surface area contributed by atoms with Gasteiger partial charge in [-0.15, -0.1) is 0 Å². The molecule has 1 aliphatic heterocycles. The van der Waals surface area contributed by atoms with E-state index in [1.165, 1.54) is 0 Å². The van der Waals surface area contributed by atoms with E-state index in [9.17, 15) is 9.59 Å². The Labute approximate surface area is 76.5 Å². The van der Waals surface area contributed by atoms with Crippen LogP contribution >= 0.6 is 0 Å². The lowest BCUT2D eigenvalue weighted by molar-refractivity contribution is -0.139. The fourth-order valence-corrected chi connectivity index (χ4v) is 1.33. The minimum atomic E-state index is -0.529. The molecule has 0 aliphatic carbocycles. The first-order chi connectivity index (χ1) is 6.06. The average molecular weight is 186 g/mol. The summed E-state index contributed by atoms with van der Waals surface area (Å²) >= 11 is 0. The number of likely N-dealkylation sites (tertiary alicyclic amines) is 1. The van der Waals surface area contributed by atoms with Gasteiger partial charge in [0.05, 0.1) is 6.61 Å². The lowest BCUT2D eigenvalue weighted by Gasteiger charge is -2.17. The van der Waals surface area contributed by atoms with Crippen LogP contribution in [0.1, 0.15) is 13.3 Å². The second-order valence-corrected chi connectivity index (χ2v) is 3.39. The first-order valence-corrected chi connectivity index (χ1v) is 4.27. The van der Waals surface area contributed by atoms with E-state index in [1.807, 2.05) is 0 Å². The van der Waals surface area contributed by atoms with Crippen LogP contribution in [0.4, 0.5) is 0 Å². The van der Waals surface area contributed by atoms with E-state index in [0.717, 1.165) is 4.90 Å². The summed E-state index contributed by atoms with van der Waals surface area (Å²) in [6.45, 7) is 1.62. The van der Waals surface area contributed by atoms with Crippen LogP contribution in [0.3, 0.4) is 0 Å². The Kier molecular flexibility index (Phi) is 3.00. The van der Waals surface area contributed by atoms with Gasteiger partial charge in [-0.1, -0.05) is 6.92 Å². The quantitative estimate of drug-likeness (QED) is 0.537. The molecule has 5 heteroatoms. The van der Waals surface area contributed by atoms with Gasteiger partial charge in [-0.2, -0.15) is 0 Å². The third kappa shape index (κ3) is 2.05. The van der Waals surface area contributed by atoms with Crippen molar-refractivity contribution in [3.05, 3.63) is 0 Å². The van der Waals surface area contributed by atoms with Gasteiger partial charge in [0.1, 0.15) is 0 Å². The molecule has 2 amide bonds. The maximum atomic E-state index is 11.3. The number of hydrogen-bond acceptors (Lipinski definition) is 4. The molecular weight excluding hydrogens is 172 g/mol. The van der Waals surface area contributed by atoms with E-state index >= 15 is 0 Å². The van der Waals surface area contributed by atoms with Crippen LogP contribution in [0.15, 0.2) is 0 Å². The molecule has 1 saturated heterocycles. The van der Waals surface area contributed by atoms with E-state index in [1.54, 1.807) is 6.92 Å². The summed E-state index contributed by atoms with van der Waals surface area (Å²) in [7, 11) is 0. The number of hydrogen-bond donors (Lipinski definition) is 2. The van der Waals surface area contributed by atoms with Gasteiger partial charge >= 0.3 is 0 Å². The molecule has 2 atom stereocenters. The molecule has 5 nitrogen and oxygen atoms in total. The zero-order valence-electron chi connectivity index (χ0n) is 7.56. The molecule has 0 radical (unpaired) electrons. The van der Waals surface area contributed by atoms with Gasteiger partial charge in [0.2, 0.25) is 11.8 Å². The molecule has 74 valence electrons. The number of nitrogens with zero attached hydrogens (tertiary/aromatic N) is 1. The normalized spacial score (nSPS) is 25.5. The molecule has 3 N–H and O–H groups in total. The second kappa shape index (κ2) is 3.85. The number of nitrogens with two attached hydrogens (primary N) is 1. The van der Waals surface area contributed by atoms with Crippen LogP contribution in [0.2, 0.25) is 0 Å². The SMILES string of the molecule is CC1CC(=O)N(CC(N)CO)C1=O. The van der Waals surface area contributed by atoms with Crippen molar-refractivity contribution in [3.63, 3.8) is 0 Å². The first kappa shape index (κ1) is 10.1. The molecule has 1 rings (SSSR count). The van der Waals surface area contributed by atoms with Gasteiger partial charge in [-0.25, -0.2) is 0 Å². The van der Waals surface area contributed by atoms with E-state index in [0.29, 0.717) is 0 Å². The molecule has 0 aromatic carbocycles. The zero-order chi connectivity index (χ0) is 10.0. The second-order valence-electron chi connectivity index (χ2n) is 3.39. The Hall–Kier alpha value is -0.940. The summed E-state index contributed by atoms with van der Waals surface area (Å²) in [6, 6.07) is -0.529. The molecule has 0 bridgehead atoms. The van der Waals surface area contributed by atoms with Crippen LogP contribution in [-0.2, 0) is 9.59 Å². The van der Waals surface area contributed by atoms with Gasteiger partial charge in [0.15, 0.2) is 0 Å². The van der Waals surface area contributed by atoms with Gasteiger partial charge in [0.25, 0.3) is 0 Å². The summed E-state index contributed by atoms with van der Waals surface area (Å²) in [6.07, 6.45) is 0.261. The lowest BCUT2D eigenvalue weighted by atomic mass is 10.1. The van der Waals surface area contributed by atoms with Crippen LogP contribution in [0, 0.1) is 5.92 Å². The number of imide groups is 1. The molecule has 0 saturated carbocycles. The third-order valence-electron chi connectivity index (χ3n) is 2.12. The maximum absolute atomic E-state index is 11.3. The number of rotatable bonds is 3. The Balaban J connectivity index is 2.59. The Morgan fingerprint density at radius 2 is 2.31 bits per heavy atom. The Morgan fingerprint density at radius 1 is 1.69 bits per heavy atom. The highest BCUT2D eigenvalue weighted by atomic mass is 16.3. The minimum Gasteiger partial charge on any atom is -0.395 e. The zero-order valence-corrected chi connectivity index (χ0v) is 7.56. The highest BCUT2D eigenvalue weighted by Gasteiger charge is 2.35. The number of carbonyl (C=O) groups excluding carboxylic acids is 2. The summed E-state index contributed by atoms with van der Waals surface area (Å²) in [4.78, 5) is 23.7. The summed E-state index contributed by atoms with van der Waals surface area (Å²) in [5.74, 6) is -0.617. The van der Waals surface area contributed by atoms with E-state index in [2.05, 4.69) is 0 Å². The minimum absolute atomic E-state index is 0.124. The molecule has 1 aliphatic rings. The number of amides is 2. The Morgan fingerprint density at radius 3 is 2.69 bits per heavy atom. The van der Waals surface area contributed by atoms with Crippen molar-refractivity contribution < 1.29 is 14.7 Å². The van der Waals surface area contributed by atoms with Crippen LogP contribution in [0.25, 0.3) is 0 Å². The van der Waals surface area contributed by atoms with E-state index in [4.69, 9.17) is 10.8 Å². The van der Waals surface area contributed by atoms with Crippen molar-refractivity contribution in [2.24, 2.45) is 11.7 Å². The number of aliphatic hydroxyl groups excluding tert-OH is 1.